The Hall–Kier alpha value is 0.270. The quantitative estimate of drug-likeness (QED) is 0.613. The highest BCUT2D eigenvalue weighted by Crippen LogP contribution is 2.26. The van der Waals surface area contributed by atoms with E-state index < -0.39 is 0 Å². The zero-order valence-corrected chi connectivity index (χ0v) is 6.94. The normalized spacial score (nSPS) is 29.7. The van der Waals surface area contributed by atoms with E-state index in [1.165, 1.54) is 18.1 Å². The maximum Gasteiger partial charge on any atom is 0.0297 e. The molecule has 0 spiro atoms. The first kappa shape index (κ1) is 6.95. The summed E-state index contributed by atoms with van der Waals surface area (Å²) < 4.78 is 0. The average molecular weight is 158 g/mol. The van der Waals surface area contributed by atoms with Gasteiger partial charge in [0.05, 0.1) is 0 Å². The molecular weight excluding hydrogens is 144 g/mol. The van der Waals surface area contributed by atoms with Crippen molar-refractivity contribution in [3.63, 3.8) is 0 Å². The van der Waals surface area contributed by atoms with E-state index in [4.69, 9.17) is 5.73 Å². The largest absolute Gasteiger partial charge is 0.325 e. The first-order valence-corrected chi connectivity index (χ1v) is 5.06. The van der Waals surface area contributed by atoms with Gasteiger partial charge < -0.3 is 5.73 Å². The minimum absolute atomic E-state index is 0.479. The minimum atomic E-state index is 0.479. The van der Waals surface area contributed by atoms with E-state index >= 15 is 0 Å². The van der Waals surface area contributed by atoms with Crippen LogP contribution in [0.5, 0.6) is 0 Å². The van der Waals surface area contributed by atoms with E-state index in [2.05, 4.69) is 16.7 Å². The van der Waals surface area contributed by atoms with Gasteiger partial charge in [-0.2, -0.15) is 11.8 Å². The third-order valence-corrected chi connectivity index (χ3v) is 3.62. The number of thioether (sulfide) groups is 1. The first-order chi connectivity index (χ1) is 4.84. The van der Waals surface area contributed by atoms with Crippen molar-refractivity contribution in [2.45, 2.75) is 6.04 Å². The summed E-state index contributed by atoms with van der Waals surface area (Å²) >= 11 is 2.06. The molecule has 2 fully saturated rings. The number of nitrogens with zero attached hydrogens (tertiary/aromatic N) is 1. The smallest absolute Gasteiger partial charge is 0.0297 e. The Morgan fingerprint density at radius 3 is 2.50 bits per heavy atom. The molecule has 2 saturated heterocycles. The molecule has 0 aromatic carbocycles. The number of nitrogens with two attached hydrogens (primary N) is 1. The molecule has 0 amide bonds. The lowest BCUT2D eigenvalue weighted by Crippen LogP contribution is -2.57. The Morgan fingerprint density at radius 1 is 1.40 bits per heavy atom. The molecule has 0 saturated carbocycles. The van der Waals surface area contributed by atoms with E-state index in [1.807, 2.05) is 0 Å². The molecule has 2 N–H and O–H groups in total. The van der Waals surface area contributed by atoms with E-state index in [9.17, 15) is 0 Å². The maximum atomic E-state index is 5.66. The van der Waals surface area contributed by atoms with E-state index in [1.54, 1.807) is 0 Å². The van der Waals surface area contributed by atoms with Gasteiger partial charge in [0, 0.05) is 25.7 Å². The number of hydrogen-bond acceptors (Lipinski definition) is 3. The molecule has 58 valence electrons. The molecular formula is C7H14N2S. The lowest BCUT2D eigenvalue weighted by molar-refractivity contribution is 0.133. The molecule has 0 radical (unpaired) electrons. The van der Waals surface area contributed by atoms with Gasteiger partial charge in [0.25, 0.3) is 0 Å². The van der Waals surface area contributed by atoms with Crippen molar-refractivity contribution in [2.75, 3.05) is 31.1 Å². The SMILES string of the molecule is NC1CN(CC2CSC2)C1. The predicted molar refractivity (Wildman–Crippen MR) is 45.2 cm³/mol. The summed E-state index contributed by atoms with van der Waals surface area (Å²) in [6, 6.07) is 0.479. The summed E-state index contributed by atoms with van der Waals surface area (Å²) in [7, 11) is 0. The third kappa shape index (κ3) is 1.31. The molecule has 0 aromatic rings. The molecule has 2 rings (SSSR count). The van der Waals surface area contributed by atoms with Crippen LogP contribution in [0.15, 0.2) is 0 Å². The van der Waals surface area contributed by atoms with Gasteiger partial charge in [-0.3, -0.25) is 4.90 Å². The van der Waals surface area contributed by atoms with Crippen molar-refractivity contribution in [3.05, 3.63) is 0 Å². The zero-order valence-electron chi connectivity index (χ0n) is 6.12. The van der Waals surface area contributed by atoms with Crippen molar-refractivity contribution >= 4 is 11.8 Å². The van der Waals surface area contributed by atoms with E-state index in [-0.39, 0.29) is 0 Å². The monoisotopic (exact) mass is 158 g/mol. The molecule has 0 atom stereocenters. The van der Waals surface area contributed by atoms with Gasteiger partial charge in [-0.05, 0) is 17.4 Å². The number of likely N-dealkylation sites (tertiary alicyclic amines) is 1. The van der Waals surface area contributed by atoms with Crippen LogP contribution in [0.25, 0.3) is 0 Å². The Bertz CT molecular complexity index is 119. The van der Waals surface area contributed by atoms with Crippen molar-refractivity contribution in [2.24, 2.45) is 11.7 Å². The van der Waals surface area contributed by atoms with Crippen LogP contribution in [0.4, 0.5) is 0 Å². The van der Waals surface area contributed by atoms with Crippen LogP contribution in [0, 0.1) is 5.92 Å². The van der Waals surface area contributed by atoms with Crippen LogP contribution in [0.3, 0.4) is 0 Å². The second-order valence-electron chi connectivity index (χ2n) is 3.38. The van der Waals surface area contributed by atoms with Crippen LogP contribution >= 0.6 is 11.8 Å². The summed E-state index contributed by atoms with van der Waals surface area (Å²) in [5, 5.41) is 0. The highest BCUT2D eigenvalue weighted by molar-refractivity contribution is 8.00. The fourth-order valence-electron chi connectivity index (χ4n) is 1.51. The summed E-state index contributed by atoms with van der Waals surface area (Å²) in [5.41, 5.74) is 5.66. The average Bonchev–Trinajstić information content (AvgIpc) is 1.72. The zero-order chi connectivity index (χ0) is 6.97. The predicted octanol–water partition coefficient (Wildman–Crippen LogP) is -0.00770. The van der Waals surface area contributed by atoms with Crippen LogP contribution in [0.1, 0.15) is 0 Å². The Kier molecular flexibility index (Phi) is 1.89. The van der Waals surface area contributed by atoms with Gasteiger partial charge in [-0.1, -0.05) is 0 Å². The summed E-state index contributed by atoms with van der Waals surface area (Å²) in [4.78, 5) is 2.47. The van der Waals surface area contributed by atoms with E-state index in [0.717, 1.165) is 19.0 Å². The second-order valence-corrected chi connectivity index (χ2v) is 4.46. The highest BCUT2D eigenvalue weighted by atomic mass is 32.2. The van der Waals surface area contributed by atoms with Crippen molar-refractivity contribution in [1.29, 1.82) is 0 Å². The van der Waals surface area contributed by atoms with Crippen molar-refractivity contribution < 1.29 is 0 Å². The molecule has 2 aliphatic heterocycles. The van der Waals surface area contributed by atoms with Gasteiger partial charge in [-0.15, -0.1) is 0 Å². The fraction of sp³-hybridized carbons (Fsp3) is 1.00. The lowest BCUT2D eigenvalue weighted by Gasteiger charge is -2.40. The molecule has 0 aliphatic carbocycles. The Labute approximate surface area is 66.1 Å². The van der Waals surface area contributed by atoms with Crippen molar-refractivity contribution in [1.82, 2.24) is 4.90 Å². The summed E-state index contributed by atoms with van der Waals surface area (Å²) in [6.45, 7) is 3.59. The first-order valence-electron chi connectivity index (χ1n) is 3.90. The molecule has 0 unspecified atom stereocenters. The van der Waals surface area contributed by atoms with E-state index in [0.29, 0.717) is 6.04 Å². The van der Waals surface area contributed by atoms with Crippen LogP contribution in [0.2, 0.25) is 0 Å². The standard InChI is InChI=1S/C7H14N2S/c8-7-2-9(3-7)1-6-4-10-5-6/h6-7H,1-5,8H2. The Morgan fingerprint density at radius 2 is 2.10 bits per heavy atom. The highest BCUT2D eigenvalue weighted by Gasteiger charge is 2.28. The molecule has 2 nitrogen and oxygen atoms in total. The fourth-order valence-corrected chi connectivity index (χ4v) is 2.29. The number of rotatable bonds is 2. The van der Waals surface area contributed by atoms with Gasteiger partial charge >= 0.3 is 0 Å². The second kappa shape index (κ2) is 2.72. The molecule has 10 heavy (non-hydrogen) atoms. The van der Waals surface area contributed by atoms with Gasteiger partial charge in [0.1, 0.15) is 0 Å². The number of hydrogen-bond donors (Lipinski definition) is 1. The molecule has 0 bridgehead atoms. The van der Waals surface area contributed by atoms with Gasteiger partial charge in [0.15, 0.2) is 0 Å². The third-order valence-electron chi connectivity index (χ3n) is 2.21. The van der Waals surface area contributed by atoms with Crippen molar-refractivity contribution in [3.8, 4) is 0 Å². The molecule has 0 aromatic heterocycles. The van der Waals surface area contributed by atoms with Gasteiger partial charge in [0.2, 0.25) is 0 Å². The lowest BCUT2D eigenvalue weighted by atomic mass is 10.1. The molecule has 2 heterocycles. The minimum Gasteiger partial charge on any atom is -0.325 e. The van der Waals surface area contributed by atoms with Crippen LogP contribution in [-0.4, -0.2) is 42.1 Å². The topological polar surface area (TPSA) is 29.3 Å². The van der Waals surface area contributed by atoms with Crippen LogP contribution in [-0.2, 0) is 0 Å². The van der Waals surface area contributed by atoms with Gasteiger partial charge in [-0.25, -0.2) is 0 Å². The maximum absolute atomic E-state index is 5.66. The molecule has 3 heteroatoms. The summed E-state index contributed by atoms with van der Waals surface area (Å²) in [6.07, 6.45) is 0. The summed E-state index contributed by atoms with van der Waals surface area (Å²) in [5.74, 6) is 3.75. The van der Waals surface area contributed by atoms with Crippen LogP contribution < -0.4 is 5.73 Å². The molecule has 2 aliphatic rings. The Balaban J connectivity index is 1.62.